The molecule has 9 nitrogen and oxygen atoms in total. The van der Waals surface area contributed by atoms with Crippen LogP contribution in [0, 0.1) is 24.6 Å². The number of aliphatic hydroxyl groups is 1. The maximum Gasteiger partial charge on any atom is 0.223 e. The summed E-state index contributed by atoms with van der Waals surface area (Å²) in [6.45, 7) is 11.1. The summed E-state index contributed by atoms with van der Waals surface area (Å²) < 4.78 is 28.2. The molecule has 3 saturated heterocycles. The second-order valence-corrected chi connectivity index (χ2v) is 11.4. The first kappa shape index (κ1) is 26.3. The van der Waals surface area contributed by atoms with E-state index in [2.05, 4.69) is 38.6 Å². The summed E-state index contributed by atoms with van der Waals surface area (Å²) in [5.74, 6) is 0.806. The number of anilines is 1. The van der Waals surface area contributed by atoms with Gasteiger partial charge in [0.15, 0.2) is 11.2 Å². The zero-order valence-electron chi connectivity index (χ0n) is 22.7. The third-order valence-electron chi connectivity index (χ3n) is 8.43. The Morgan fingerprint density at radius 3 is 2.67 bits per heavy atom. The molecule has 2 aromatic heterocycles. The van der Waals surface area contributed by atoms with Crippen LogP contribution in [0.4, 0.5) is 10.3 Å². The van der Waals surface area contributed by atoms with Gasteiger partial charge < -0.3 is 24.5 Å². The topological polar surface area (TPSA) is 102 Å². The minimum absolute atomic E-state index is 0.00481. The number of hydrogen-bond donors (Lipinski definition) is 2. The molecule has 0 amide bonds. The number of halogens is 1. The molecular weight excluding hydrogens is 501 g/mol. The van der Waals surface area contributed by atoms with Crippen LogP contribution in [0.5, 0.6) is 0 Å². The second-order valence-electron chi connectivity index (χ2n) is 11.4. The first-order valence-corrected chi connectivity index (χ1v) is 13.8. The fourth-order valence-corrected chi connectivity index (χ4v) is 6.34. The highest BCUT2D eigenvalue weighted by atomic mass is 19.1. The normalized spacial score (nSPS) is 25.5. The summed E-state index contributed by atoms with van der Waals surface area (Å²) in [5, 5.41) is 14.0. The quantitative estimate of drug-likeness (QED) is 0.495. The Bertz CT molecular complexity index is 1430. The van der Waals surface area contributed by atoms with E-state index in [-0.39, 0.29) is 35.8 Å². The summed E-state index contributed by atoms with van der Waals surface area (Å²) in [5.41, 5.74) is 3.24. The Morgan fingerprint density at radius 2 is 1.95 bits per heavy atom. The summed E-state index contributed by atoms with van der Waals surface area (Å²) in [6, 6.07) is 5.20. The summed E-state index contributed by atoms with van der Waals surface area (Å²) >= 11 is 0. The number of aromatic nitrogens is 3. The van der Waals surface area contributed by atoms with Gasteiger partial charge in [-0.15, -0.1) is 0 Å². The summed E-state index contributed by atoms with van der Waals surface area (Å²) in [6.07, 6.45) is 1.05. The van der Waals surface area contributed by atoms with Gasteiger partial charge in [-0.25, -0.2) is 14.4 Å². The number of hydrogen-bond acceptors (Lipinski definition) is 8. The lowest BCUT2D eigenvalue weighted by atomic mass is 10.0. The summed E-state index contributed by atoms with van der Waals surface area (Å²) in [4.78, 5) is 24.5. The first-order chi connectivity index (χ1) is 18.8. The number of rotatable bonds is 6. The van der Waals surface area contributed by atoms with Crippen LogP contribution in [0.1, 0.15) is 37.6 Å². The molecule has 39 heavy (non-hydrogen) atoms. The Morgan fingerprint density at radius 1 is 1.18 bits per heavy atom. The van der Waals surface area contributed by atoms with Gasteiger partial charge in [0.2, 0.25) is 5.95 Å². The predicted octanol–water partition coefficient (Wildman–Crippen LogP) is 3.13. The molecule has 3 fully saturated rings. The molecule has 2 N–H and O–H groups in total. The van der Waals surface area contributed by atoms with E-state index >= 15 is 4.39 Å². The van der Waals surface area contributed by atoms with Gasteiger partial charge in [0, 0.05) is 66.3 Å². The standard InChI is InChI=1S/C29H36FN5O4/c1-16(2)35-24-8-18(27-22(30)9-31-29(33-27)32-23-6-7-38-15-26(23)36)4-5-21(24)28(37)17(3)25(35)12-34-10-19-13-39-14-20(19)11-34/h4-5,8-9,16,19-20,23,26,36H,6-7,10-15H2,1-3H3,(H,31,32,33)/t19-,20+,23-,26-/m1/s1. The second kappa shape index (κ2) is 10.6. The van der Waals surface area contributed by atoms with Crippen LogP contribution in [0.2, 0.25) is 0 Å². The van der Waals surface area contributed by atoms with E-state index in [9.17, 15) is 9.90 Å². The molecule has 5 heterocycles. The first-order valence-electron chi connectivity index (χ1n) is 13.8. The average molecular weight is 538 g/mol. The molecule has 4 atom stereocenters. The fourth-order valence-electron chi connectivity index (χ4n) is 6.34. The Kier molecular flexibility index (Phi) is 7.13. The summed E-state index contributed by atoms with van der Waals surface area (Å²) in [7, 11) is 0. The molecule has 10 heteroatoms. The third-order valence-corrected chi connectivity index (χ3v) is 8.43. The number of pyridine rings is 1. The maximum atomic E-state index is 15.1. The molecular formula is C29H36FN5O4. The number of benzene rings is 1. The molecule has 0 unspecified atom stereocenters. The minimum atomic E-state index is -0.693. The predicted molar refractivity (Wildman–Crippen MR) is 146 cm³/mol. The monoisotopic (exact) mass is 537 g/mol. The maximum absolute atomic E-state index is 15.1. The molecule has 6 rings (SSSR count). The fraction of sp³-hybridized carbons (Fsp3) is 0.552. The number of ether oxygens (including phenoxy) is 2. The van der Waals surface area contributed by atoms with E-state index in [1.54, 1.807) is 12.1 Å². The SMILES string of the molecule is Cc1c(CN2C[C@H]3COC[C@H]3C2)n(C(C)C)c2cc(-c3nc(N[C@@H]4CCOC[C@H]4O)ncc3F)ccc2c1=O. The lowest BCUT2D eigenvalue weighted by Crippen LogP contribution is -2.42. The average Bonchev–Trinajstić information content (AvgIpc) is 3.51. The number of nitrogens with one attached hydrogen (secondary N) is 1. The highest BCUT2D eigenvalue weighted by molar-refractivity contribution is 5.85. The molecule has 3 aromatic rings. The zero-order valence-corrected chi connectivity index (χ0v) is 22.7. The van der Waals surface area contributed by atoms with Crippen molar-refractivity contribution in [1.29, 1.82) is 0 Å². The van der Waals surface area contributed by atoms with E-state index in [1.165, 1.54) is 0 Å². The molecule has 0 radical (unpaired) electrons. The van der Waals surface area contributed by atoms with Crippen LogP contribution < -0.4 is 10.7 Å². The Balaban J connectivity index is 1.39. The lowest BCUT2D eigenvalue weighted by Gasteiger charge is -2.28. The van der Waals surface area contributed by atoms with E-state index in [4.69, 9.17) is 9.47 Å². The van der Waals surface area contributed by atoms with Crippen molar-refractivity contribution in [2.75, 3.05) is 44.8 Å². The number of fused-ring (bicyclic) bond motifs is 2. The molecule has 0 aliphatic carbocycles. The highest BCUT2D eigenvalue weighted by Gasteiger charge is 2.37. The van der Waals surface area contributed by atoms with E-state index < -0.39 is 11.9 Å². The van der Waals surface area contributed by atoms with Crippen molar-refractivity contribution in [2.45, 2.75) is 51.9 Å². The smallest absolute Gasteiger partial charge is 0.223 e. The molecule has 3 aliphatic rings. The van der Waals surface area contributed by atoms with Crippen LogP contribution in [-0.4, -0.2) is 76.2 Å². The van der Waals surface area contributed by atoms with Crippen molar-refractivity contribution in [2.24, 2.45) is 11.8 Å². The van der Waals surface area contributed by atoms with Gasteiger partial charge in [-0.2, -0.15) is 0 Å². The van der Waals surface area contributed by atoms with Crippen molar-refractivity contribution < 1.29 is 19.0 Å². The van der Waals surface area contributed by atoms with Gasteiger partial charge in [-0.1, -0.05) is 6.07 Å². The molecule has 0 spiro atoms. The minimum Gasteiger partial charge on any atom is -0.389 e. The molecule has 1 aromatic carbocycles. The van der Waals surface area contributed by atoms with Gasteiger partial charge in [0.05, 0.1) is 43.7 Å². The van der Waals surface area contributed by atoms with Crippen LogP contribution in [0.3, 0.4) is 0 Å². The molecule has 0 bridgehead atoms. The number of nitrogens with zero attached hydrogens (tertiary/aromatic N) is 4. The van der Waals surface area contributed by atoms with Gasteiger partial charge in [0.25, 0.3) is 0 Å². The largest absolute Gasteiger partial charge is 0.389 e. The van der Waals surface area contributed by atoms with Crippen molar-refractivity contribution in [3.05, 3.63) is 51.7 Å². The van der Waals surface area contributed by atoms with E-state index in [1.807, 2.05) is 13.0 Å². The van der Waals surface area contributed by atoms with E-state index in [0.29, 0.717) is 42.4 Å². The van der Waals surface area contributed by atoms with Crippen LogP contribution >= 0.6 is 0 Å². The van der Waals surface area contributed by atoms with Gasteiger partial charge in [0.1, 0.15) is 5.69 Å². The zero-order chi connectivity index (χ0) is 27.3. The van der Waals surface area contributed by atoms with Crippen molar-refractivity contribution in [1.82, 2.24) is 19.4 Å². The highest BCUT2D eigenvalue weighted by Crippen LogP contribution is 2.32. The van der Waals surface area contributed by atoms with Crippen molar-refractivity contribution >= 4 is 16.9 Å². The van der Waals surface area contributed by atoms with Gasteiger partial charge >= 0.3 is 0 Å². The van der Waals surface area contributed by atoms with Crippen LogP contribution in [0.15, 0.2) is 29.2 Å². The molecule has 208 valence electrons. The van der Waals surface area contributed by atoms with Gasteiger partial charge in [-0.05, 0) is 39.3 Å². The van der Waals surface area contributed by atoms with E-state index in [0.717, 1.165) is 49.3 Å². The molecule has 0 saturated carbocycles. The van der Waals surface area contributed by atoms with Crippen LogP contribution in [-0.2, 0) is 16.0 Å². The van der Waals surface area contributed by atoms with Crippen LogP contribution in [0.25, 0.3) is 22.2 Å². The van der Waals surface area contributed by atoms with Crippen molar-refractivity contribution in [3.8, 4) is 11.3 Å². The Hall–Kier alpha value is -2.92. The van der Waals surface area contributed by atoms with Crippen molar-refractivity contribution in [3.63, 3.8) is 0 Å². The van der Waals surface area contributed by atoms with Gasteiger partial charge in [-0.3, -0.25) is 9.69 Å². The molecule has 3 aliphatic heterocycles. The third kappa shape index (κ3) is 4.95. The number of likely N-dealkylation sites (tertiary alicyclic amines) is 1. The number of aliphatic hydroxyl groups excluding tert-OH is 1. The Labute approximate surface area is 227 Å². The lowest BCUT2D eigenvalue weighted by molar-refractivity contribution is -0.0136.